The van der Waals surface area contributed by atoms with Gasteiger partial charge in [-0.1, -0.05) is 13.8 Å². The van der Waals surface area contributed by atoms with E-state index in [0.717, 1.165) is 12.8 Å². The Bertz CT molecular complexity index is 405. The van der Waals surface area contributed by atoms with Crippen LogP contribution in [-0.2, 0) is 4.74 Å². The van der Waals surface area contributed by atoms with Gasteiger partial charge in [-0.25, -0.2) is 4.98 Å². The molecule has 5 nitrogen and oxygen atoms in total. The Kier molecular flexibility index (Phi) is 6.29. The van der Waals surface area contributed by atoms with E-state index in [2.05, 4.69) is 18.8 Å². The van der Waals surface area contributed by atoms with Crippen molar-refractivity contribution in [2.24, 2.45) is 0 Å². The fraction of sp³-hybridized carbons (Fsp3) is 0.571. The van der Waals surface area contributed by atoms with Crippen molar-refractivity contribution in [3.8, 4) is 0 Å². The molecule has 5 heteroatoms. The molecule has 0 saturated heterocycles. The van der Waals surface area contributed by atoms with Gasteiger partial charge in [0.25, 0.3) is 5.91 Å². The van der Waals surface area contributed by atoms with Gasteiger partial charge in [0.15, 0.2) is 5.69 Å². The van der Waals surface area contributed by atoms with Crippen LogP contribution in [0, 0.1) is 0 Å². The number of hydrogen-bond acceptors (Lipinski definition) is 4. The number of anilines is 1. The Balaban J connectivity index is 2.96. The molecule has 1 amide bonds. The second-order valence-electron chi connectivity index (χ2n) is 4.40. The summed E-state index contributed by atoms with van der Waals surface area (Å²) in [5.74, 6) is -0.121. The molecule has 0 saturated carbocycles. The number of carbonyl (C=O) groups is 1. The van der Waals surface area contributed by atoms with Crippen LogP contribution in [0.3, 0.4) is 0 Å². The van der Waals surface area contributed by atoms with Crippen molar-refractivity contribution in [2.75, 3.05) is 26.0 Å². The second kappa shape index (κ2) is 7.74. The van der Waals surface area contributed by atoms with Crippen molar-refractivity contribution in [1.82, 2.24) is 9.88 Å². The molecule has 0 bridgehead atoms. The average Bonchev–Trinajstić information content (AvgIpc) is 2.43. The summed E-state index contributed by atoms with van der Waals surface area (Å²) in [6.45, 7) is 5.21. The normalized spacial score (nSPS) is 10.7. The van der Waals surface area contributed by atoms with Crippen molar-refractivity contribution in [1.29, 1.82) is 0 Å². The van der Waals surface area contributed by atoms with Gasteiger partial charge in [-0.15, -0.1) is 0 Å². The smallest absolute Gasteiger partial charge is 0.274 e. The summed E-state index contributed by atoms with van der Waals surface area (Å²) < 4.78 is 5.08. The second-order valence-corrected chi connectivity index (χ2v) is 4.40. The highest BCUT2D eigenvalue weighted by atomic mass is 16.5. The summed E-state index contributed by atoms with van der Waals surface area (Å²) in [6.07, 6.45) is 3.39. The van der Waals surface area contributed by atoms with Crippen LogP contribution in [-0.4, -0.2) is 42.1 Å². The van der Waals surface area contributed by atoms with Gasteiger partial charge in [-0.05, 0) is 25.0 Å². The third kappa shape index (κ3) is 3.92. The Morgan fingerprint density at radius 2 is 2.16 bits per heavy atom. The lowest BCUT2D eigenvalue weighted by atomic mass is 10.1. The van der Waals surface area contributed by atoms with Gasteiger partial charge in [0, 0.05) is 25.9 Å². The van der Waals surface area contributed by atoms with Gasteiger partial charge < -0.3 is 15.4 Å². The molecule has 1 aromatic heterocycles. The van der Waals surface area contributed by atoms with Crippen molar-refractivity contribution >= 4 is 11.6 Å². The SMILES string of the molecule is CCC(CC)N(CCOC)C(=O)c1ncccc1N. The van der Waals surface area contributed by atoms with Gasteiger partial charge in [0.2, 0.25) is 0 Å². The van der Waals surface area contributed by atoms with Crippen LogP contribution in [0.4, 0.5) is 5.69 Å². The van der Waals surface area contributed by atoms with E-state index in [1.807, 2.05) is 4.90 Å². The summed E-state index contributed by atoms with van der Waals surface area (Å²) in [4.78, 5) is 18.5. The molecule has 106 valence electrons. The number of nitrogens with zero attached hydrogens (tertiary/aromatic N) is 2. The molecule has 0 unspecified atom stereocenters. The lowest BCUT2D eigenvalue weighted by Gasteiger charge is -2.30. The van der Waals surface area contributed by atoms with Crippen LogP contribution < -0.4 is 5.73 Å². The average molecular weight is 265 g/mol. The molecule has 0 fully saturated rings. The number of nitrogen functional groups attached to an aromatic ring is 1. The molecule has 2 N–H and O–H groups in total. The Morgan fingerprint density at radius 3 is 2.68 bits per heavy atom. The van der Waals surface area contributed by atoms with Crippen LogP contribution in [0.2, 0.25) is 0 Å². The van der Waals surface area contributed by atoms with E-state index < -0.39 is 0 Å². The predicted octanol–water partition coefficient (Wildman–Crippen LogP) is 1.94. The minimum absolute atomic E-state index is 0.121. The number of nitrogens with two attached hydrogens (primary N) is 1. The summed E-state index contributed by atoms with van der Waals surface area (Å²) in [7, 11) is 1.63. The monoisotopic (exact) mass is 265 g/mol. The number of methoxy groups -OCH3 is 1. The zero-order valence-corrected chi connectivity index (χ0v) is 11.9. The van der Waals surface area contributed by atoms with Gasteiger partial charge in [0.05, 0.1) is 12.3 Å². The molecule has 0 atom stereocenters. The zero-order valence-electron chi connectivity index (χ0n) is 11.9. The molecule has 0 aliphatic carbocycles. The number of carbonyl (C=O) groups excluding carboxylic acids is 1. The summed E-state index contributed by atoms with van der Waals surface area (Å²) in [6, 6.07) is 3.61. The summed E-state index contributed by atoms with van der Waals surface area (Å²) in [5.41, 5.74) is 6.57. The maximum atomic E-state index is 12.6. The molecule has 1 heterocycles. The van der Waals surface area contributed by atoms with Crippen LogP contribution in [0.25, 0.3) is 0 Å². The number of aromatic nitrogens is 1. The molecule has 0 radical (unpaired) electrons. The standard InChI is InChI=1S/C14H23N3O2/c1-4-11(5-2)17(9-10-19-3)14(18)13-12(15)7-6-8-16-13/h6-8,11H,4-5,9-10,15H2,1-3H3. The van der Waals surface area contributed by atoms with E-state index in [4.69, 9.17) is 10.5 Å². The summed E-state index contributed by atoms with van der Waals surface area (Å²) in [5, 5.41) is 0. The number of pyridine rings is 1. The lowest BCUT2D eigenvalue weighted by molar-refractivity contribution is 0.0585. The van der Waals surface area contributed by atoms with E-state index in [0.29, 0.717) is 24.5 Å². The van der Waals surface area contributed by atoms with E-state index in [9.17, 15) is 4.79 Å². The van der Waals surface area contributed by atoms with Gasteiger partial charge >= 0.3 is 0 Å². The molecule has 19 heavy (non-hydrogen) atoms. The topological polar surface area (TPSA) is 68.5 Å². The number of amides is 1. The highest BCUT2D eigenvalue weighted by Gasteiger charge is 2.24. The molecule has 1 rings (SSSR count). The maximum absolute atomic E-state index is 12.6. The van der Waals surface area contributed by atoms with Gasteiger partial charge in [0.1, 0.15) is 0 Å². The molecular weight excluding hydrogens is 242 g/mol. The fourth-order valence-electron chi connectivity index (χ4n) is 2.10. The van der Waals surface area contributed by atoms with E-state index in [-0.39, 0.29) is 11.9 Å². The maximum Gasteiger partial charge on any atom is 0.274 e. The molecule has 0 spiro atoms. The van der Waals surface area contributed by atoms with Crippen LogP contribution in [0.15, 0.2) is 18.3 Å². The number of rotatable bonds is 7. The molecular formula is C14H23N3O2. The highest BCUT2D eigenvalue weighted by molar-refractivity contribution is 5.97. The van der Waals surface area contributed by atoms with E-state index in [1.165, 1.54) is 0 Å². The van der Waals surface area contributed by atoms with Gasteiger partial charge in [-0.2, -0.15) is 0 Å². The highest BCUT2D eigenvalue weighted by Crippen LogP contribution is 2.16. The molecule has 0 aliphatic rings. The Hall–Kier alpha value is -1.62. The van der Waals surface area contributed by atoms with Crippen molar-refractivity contribution < 1.29 is 9.53 Å². The van der Waals surface area contributed by atoms with Crippen LogP contribution in [0.1, 0.15) is 37.2 Å². The minimum atomic E-state index is -0.121. The van der Waals surface area contributed by atoms with E-state index >= 15 is 0 Å². The first-order valence-corrected chi connectivity index (χ1v) is 6.66. The fourth-order valence-corrected chi connectivity index (χ4v) is 2.10. The van der Waals surface area contributed by atoms with Crippen LogP contribution >= 0.6 is 0 Å². The molecule has 0 aromatic carbocycles. The first kappa shape index (κ1) is 15.4. The summed E-state index contributed by atoms with van der Waals surface area (Å²) >= 11 is 0. The van der Waals surface area contributed by atoms with Crippen LogP contribution in [0.5, 0.6) is 0 Å². The van der Waals surface area contributed by atoms with Crippen molar-refractivity contribution in [3.63, 3.8) is 0 Å². The lowest BCUT2D eigenvalue weighted by Crippen LogP contribution is -2.42. The first-order chi connectivity index (χ1) is 9.15. The largest absolute Gasteiger partial charge is 0.397 e. The van der Waals surface area contributed by atoms with Crippen molar-refractivity contribution in [3.05, 3.63) is 24.0 Å². The third-order valence-corrected chi connectivity index (χ3v) is 3.22. The molecule has 1 aromatic rings. The molecule has 0 aliphatic heterocycles. The minimum Gasteiger partial charge on any atom is -0.397 e. The zero-order chi connectivity index (χ0) is 14.3. The first-order valence-electron chi connectivity index (χ1n) is 6.66. The predicted molar refractivity (Wildman–Crippen MR) is 75.9 cm³/mol. The van der Waals surface area contributed by atoms with E-state index in [1.54, 1.807) is 25.4 Å². The Labute approximate surface area is 114 Å². The van der Waals surface area contributed by atoms with Crippen molar-refractivity contribution in [2.45, 2.75) is 32.7 Å². The quantitative estimate of drug-likeness (QED) is 0.818. The Morgan fingerprint density at radius 1 is 1.47 bits per heavy atom. The number of hydrogen-bond donors (Lipinski definition) is 1. The number of ether oxygens (including phenoxy) is 1. The van der Waals surface area contributed by atoms with Gasteiger partial charge in [-0.3, -0.25) is 4.79 Å². The third-order valence-electron chi connectivity index (χ3n) is 3.22.